The van der Waals surface area contributed by atoms with E-state index in [1.54, 1.807) is 20.3 Å². The van der Waals surface area contributed by atoms with E-state index in [0.717, 1.165) is 11.3 Å². The van der Waals surface area contributed by atoms with Crippen LogP contribution in [0.1, 0.15) is 5.56 Å². The molecule has 0 unspecified atom stereocenters. The Balaban J connectivity index is 0.00000341. The van der Waals surface area contributed by atoms with Gasteiger partial charge in [-0.05, 0) is 18.2 Å². The molecule has 1 heterocycles. The van der Waals surface area contributed by atoms with Crippen molar-refractivity contribution >= 4 is 46.4 Å². The minimum absolute atomic E-state index is 0. The molecule has 0 radical (unpaired) electrons. The van der Waals surface area contributed by atoms with E-state index in [1.807, 2.05) is 24.3 Å². The number of hydrogen-bond acceptors (Lipinski definition) is 7. The summed E-state index contributed by atoms with van der Waals surface area (Å²) in [5.41, 5.74) is 2.14. The molecule has 0 bridgehead atoms. The number of nitrogens with zero attached hydrogens (tertiary/aromatic N) is 2. The minimum Gasteiger partial charge on any atom is -0.487 e. The van der Waals surface area contributed by atoms with Crippen molar-refractivity contribution in [2.75, 3.05) is 46.0 Å². The SMILES string of the molecule is C#Cc1cccc(Nc2ncnc3cc(OCCOC)c(OCCOC)c(Cl)c23)c1.Cl. The number of nitrogens with one attached hydrogen (secondary N) is 1. The highest BCUT2D eigenvalue weighted by molar-refractivity contribution is 6.38. The molecule has 7 nitrogen and oxygen atoms in total. The van der Waals surface area contributed by atoms with E-state index in [1.165, 1.54) is 6.33 Å². The van der Waals surface area contributed by atoms with Crippen molar-refractivity contribution in [2.45, 2.75) is 0 Å². The zero-order valence-electron chi connectivity index (χ0n) is 17.2. The third-order valence-electron chi connectivity index (χ3n) is 4.16. The van der Waals surface area contributed by atoms with E-state index in [2.05, 4.69) is 21.2 Å². The van der Waals surface area contributed by atoms with Crippen LogP contribution in [0.4, 0.5) is 11.5 Å². The molecule has 0 aliphatic rings. The quantitative estimate of drug-likeness (QED) is 0.350. The lowest BCUT2D eigenvalue weighted by atomic mass is 10.1. The van der Waals surface area contributed by atoms with Crippen LogP contribution in [-0.4, -0.2) is 50.6 Å². The first kappa shape index (κ1) is 24.5. The molecule has 1 aromatic heterocycles. The van der Waals surface area contributed by atoms with Gasteiger partial charge in [0.2, 0.25) is 0 Å². The predicted molar refractivity (Wildman–Crippen MR) is 124 cm³/mol. The van der Waals surface area contributed by atoms with Crippen LogP contribution in [0.5, 0.6) is 11.5 Å². The smallest absolute Gasteiger partial charge is 0.180 e. The summed E-state index contributed by atoms with van der Waals surface area (Å²) in [5, 5.41) is 4.20. The lowest BCUT2D eigenvalue weighted by molar-refractivity contribution is 0.132. The zero-order valence-corrected chi connectivity index (χ0v) is 18.8. The summed E-state index contributed by atoms with van der Waals surface area (Å²) in [5.74, 6) is 4.01. The molecular weight excluding hydrogens is 441 g/mol. The van der Waals surface area contributed by atoms with Gasteiger partial charge in [0.15, 0.2) is 11.5 Å². The van der Waals surface area contributed by atoms with Crippen molar-refractivity contribution in [3.63, 3.8) is 0 Å². The maximum atomic E-state index is 6.74. The summed E-state index contributed by atoms with van der Waals surface area (Å²) in [6.45, 7) is 1.48. The van der Waals surface area contributed by atoms with Crippen LogP contribution in [0.15, 0.2) is 36.7 Å². The molecule has 2 aromatic carbocycles. The standard InChI is InChI=1S/C22H22ClN3O4.ClH/c1-4-15-6-5-7-16(12-15)26-22-19-17(24-14-25-22)13-18(29-10-8-27-2)21(20(19)23)30-11-9-28-3;/h1,5-7,12-14H,8-11H2,2-3H3,(H,24,25,26);1H. The monoisotopic (exact) mass is 463 g/mol. The fourth-order valence-electron chi connectivity index (χ4n) is 2.76. The molecule has 31 heavy (non-hydrogen) atoms. The third kappa shape index (κ3) is 6.12. The molecule has 0 amide bonds. The Hall–Kier alpha value is -2.76. The minimum atomic E-state index is 0. The van der Waals surface area contributed by atoms with Crippen LogP contribution in [0.2, 0.25) is 5.02 Å². The second kappa shape index (κ2) is 12.2. The maximum absolute atomic E-state index is 6.74. The summed E-state index contributed by atoms with van der Waals surface area (Å²) < 4.78 is 21.8. The average Bonchev–Trinajstić information content (AvgIpc) is 2.76. The van der Waals surface area contributed by atoms with Gasteiger partial charge in [0.05, 0.1) is 29.1 Å². The van der Waals surface area contributed by atoms with Crippen LogP contribution < -0.4 is 14.8 Å². The number of anilines is 2. The van der Waals surface area contributed by atoms with Crippen LogP contribution in [0.3, 0.4) is 0 Å². The Morgan fingerprint density at radius 3 is 2.48 bits per heavy atom. The summed E-state index contributed by atoms with van der Waals surface area (Å²) in [6, 6.07) is 9.22. The van der Waals surface area contributed by atoms with Gasteiger partial charge in [0, 0.05) is 31.5 Å². The number of hydrogen-bond donors (Lipinski definition) is 1. The Kier molecular flexibility index (Phi) is 9.63. The van der Waals surface area contributed by atoms with Gasteiger partial charge in [0.25, 0.3) is 0 Å². The second-order valence-electron chi connectivity index (χ2n) is 6.17. The summed E-state index contributed by atoms with van der Waals surface area (Å²) in [4.78, 5) is 8.71. The number of ether oxygens (including phenoxy) is 4. The Morgan fingerprint density at radius 2 is 1.77 bits per heavy atom. The Labute approximate surface area is 192 Å². The lowest BCUT2D eigenvalue weighted by Crippen LogP contribution is -2.09. The number of halogens is 2. The van der Waals surface area contributed by atoms with Crippen molar-refractivity contribution in [3.8, 4) is 23.8 Å². The molecule has 0 spiro atoms. The molecule has 1 N–H and O–H groups in total. The van der Waals surface area contributed by atoms with Crippen molar-refractivity contribution in [3.05, 3.63) is 47.2 Å². The van der Waals surface area contributed by atoms with Gasteiger partial charge in [0.1, 0.15) is 25.4 Å². The molecule has 0 saturated carbocycles. The molecule has 0 saturated heterocycles. The topological polar surface area (TPSA) is 74.7 Å². The number of terminal acetylenes is 1. The maximum Gasteiger partial charge on any atom is 0.180 e. The van der Waals surface area contributed by atoms with Gasteiger partial charge < -0.3 is 24.3 Å². The Morgan fingerprint density at radius 1 is 1.03 bits per heavy atom. The van der Waals surface area contributed by atoms with Gasteiger partial charge in [-0.25, -0.2) is 9.97 Å². The summed E-state index contributed by atoms with van der Waals surface area (Å²) >= 11 is 6.74. The number of rotatable bonds is 10. The third-order valence-corrected chi connectivity index (χ3v) is 4.52. The van der Waals surface area contributed by atoms with E-state index < -0.39 is 0 Å². The van der Waals surface area contributed by atoms with E-state index in [9.17, 15) is 0 Å². The zero-order chi connectivity index (χ0) is 21.3. The molecule has 3 rings (SSSR count). The fourth-order valence-corrected chi connectivity index (χ4v) is 3.09. The molecule has 3 aromatic rings. The number of benzene rings is 2. The van der Waals surface area contributed by atoms with Gasteiger partial charge in [-0.15, -0.1) is 18.8 Å². The molecular formula is C22H23Cl2N3O4. The Bertz CT molecular complexity index is 1060. The van der Waals surface area contributed by atoms with Crippen molar-refractivity contribution in [1.82, 2.24) is 9.97 Å². The van der Waals surface area contributed by atoms with Crippen LogP contribution in [0.25, 0.3) is 10.9 Å². The number of aromatic nitrogens is 2. The van der Waals surface area contributed by atoms with Gasteiger partial charge in [-0.1, -0.05) is 23.6 Å². The van der Waals surface area contributed by atoms with E-state index >= 15 is 0 Å². The van der Waals surface area contributed by atoms with Crippen LogP contribution >= 0.6 is 24.0 Å². The van der Waals surface area contributed by atoms with Crippen molar-refractivity contribution < 1.29 is 18.9 Å². The van der Waals surface area contributed by atoms with Crippen LogP contribution in [0, 0.1) is 12.3 Å². The van der Waals surface area contributed by atoms with Crippen LogP contribution in [-0.2, 0) is 9.47 Å². The largest absolute Gasteiger partial charge is 0.487 e. The predicted octanol–water partition coefficient (Wildman–Crippen LogP) is 4.48. The van der Waals surface area contributed by atoms with Crippen molar-refractivity contribution in [2.24, 2.45) is 0 Å². The molecule has 0 atom stereocenters. The first-order chi connectivity index (χ1) is 14.7. The highest BCUT2D eigenvalue weighted by Gasteiger charge is 2.19. The normalized spacial score (nSPS) is 10.3. The molecule has 0 aliphatic carbocycles. The lowest BCUT2D eigenvalue weighted by Gasteiger charge is -2.17. The van der Waals surface area contributed by atoms with E-state index in [4.69, 9.17) is 37.0 Å². The summed E-state index contributed by atoms with van der Waals surface area (Å²) in [6.07, 6.45) is 6.95. The molecule has 0 aliphatic heterocycles. The summed E-state index contributed by atoms with van der Waals surface area (Å²) in [7, 11) is 3.20. The van der Waals surface area contributed by atoms with E-state index in [0.29, 0.717) is 59.7 Å². The van der Waals surface area contributed by atoms with Crippen molar-refractivity contribution in [1.29, 1.82) is 0 Å². The molecule has 9 heteroatoms. The first-order valence-corrected chi connectivity index (χ1v) is 9.60. The highest BCUT2D eigenvalue weighted by atomic mass is 35.5. The van der Waals surface area contributed by atoms with Gasteiger partial charge >= 0.3 is 0 Å². The van der Waals surface area contributed by atoms with Gasteiger partial charge in [-0.2, -0.15) is 0 Å². The molecule has 0 fully saturated rings. The number of methoxy groups -OCH3 is 2. The number of fused-ring (bicyclic) bond motifs is 1. The second-order valence-corrected chi connectivity index (χ2v) is 6.54. The first-order valence-electron chi connectivity index (χ1n) is 9.22. The van der Waals surface area contributed by atoms with Gasteiger partial charge in [-0.3, -0.25) is 0 Å². The highest BCUT2D eigenvalue weighted by Crippen LogP contribution is 2.43. The van der Waals surface area contributed by atoms with E-state index in [-0.39, 0.29) is 12.4 Å². The fraction of sp³-hybridized carbons (Fsp3) is 0.273. The molecule has 164 valence electrons. The average molecular weight is 464 g/mol.